The zero-order valence-corrected chi connectivity index (χ0v) is 13.2. The Morgan fingerprint density at radius 1 is 1.35 bits per heavy atom. The van der Waals surface area contributed by atoms with Crippen LogP contribution in [0, 0.1) is 27.5 Å². The van der Waals surface area contributed by atoms with Crippen LogP contribution in [0.2, 0.25) is 0 Å². The highest BCUT2D eigenvalue weighted by Gasteiger charge is 2.19. The van der Waals surface area contributed by atoms with Gasteiger partial charge in [0.25, 0.3) is 5.69 Å². The number of nitrogens with zero attached hydrogens (tertiary/aromatic N) is 2. The lowest BCUT2D eigenvalue weighted by molar-refractivity contribution is -0.386. The van der Waals surface area contributed by atoms with Crippen molar-refractivity contribution in [2.75, 3.05) is 0 Å². The SMILES string of the molecule is Cc1cnc(COc2ccccc2I)c(C)c1[N+](=O)[O-]. The second-order valence-electron chi connectivity index (χ2n) is 4.34. The summed E-state index contributed by atoms with van der Waals surface area (Å²) >= 11 is 2.18. The van der Waals surface area contributed by atoms with E-state index in [2.05, 4.69) is 27.6 Å². The van der Waals surface area contributed by atoms with Crippen molar-refractivity contribution >= 4 is 28.3 Å². The van der Waals surface area contributed by atoms with Gasteiger partial charge >= 0.3 is 0 Å². The lowest BCUT2D eigenvalue weighted by Crippen LogP contribution is -2.06. The summed E-state index contributed by atoms with van der Waals surface area (Å²) in [7, 11) is 0. The molecule has 0 fully saturated rings. The molecule has 20 heavy (non-hydrogen) atoms. The zero-order chi connectivity index (χ0) is 14.7. The summed E-state index contributed by atoms with van der Waals surface area (Å²) in [6.45, 7) is 3.60. The van der Waals surface area contributed by atoms with Gasteiger partial charge in [0.1, 0.15) is 12.4 Å². The standard InChI is InChI=1S/C14H13IN2O3/c1-9-7-16-12(10(2)14(9)17(18)19)8-20-13-6-4-3-5-11(13)15/h3-7H,8H2,1-2H3. The van der Waals surface area contributed by atoms with Crippen molar-refractivity contribution in [2.24, 2.45) is 0 Å². The highest BCUT2D eigenvalue weighted by Crippen LogP contribution is 2.26. The molecule has 0 amide bonds. The Hall–Kier alpha value is -1.70. The smallest absolute Gasteiger partial charge is 0.278 e. The summed E-state index contributed by atoms with van der Waals surface area (Å²) in [4.78, 5) is 14.9. The number of para-hydroxylation sites is 1. The van der Waals surface area contributed by atoms with Crippen LogP contribution >= 0.6 is 22.6 Å². The normalized spacial score (nSPS) is 10.3. The number of nitro groups is 1. The van der Waals surface area contributed by atoms with Crippen LogP contribution in [0.15, 0.2) is 30.5 Å². The van der Waals surface area contributed by atoms with Gasteiger partial charge in [-0.05, 0) is 48.6 Å². The number of aryl methyl sites for hydroxylation is 1. The Kier molecular flexibility index (Phi) is 4.53. The van der Waals surface area contributed by atoms with E-state index in [0.717, 1.165) is 9.32 Å². The largest absolute Gasteiger partial charge is 0.486 e. The summed E-state index contributed by atoms with van der Waals surface area (Å²) in [6, 6.07) is 7.61. The van der Waals surface area contributed by atoms with E-state index in [0.29, 0.717) is 16.8 Å². The maximum Gasteiger partial charge on any atom is 0.278 e. The van der Waals surface area contributed by atoms with E-state index >= 15 is 0 Å². The molecule has 0 aliphatic carbocycles. The summed E-state index contributed by atoms with van der Waals surface area (Å²) in [6.07, 6.45) is 1.51. The quantitative estimate of drug-likeness (QED) is 0.457. The molecule has 2 aromatic rings. The monoisotopic (exact) mass is 384 g/mol. The third-order valence-corrected chi connectivity index (χ3v) is 3.85. The molecule has 1 aromatic heterocycles. The molecule has 6 heteroatoms. The van der Waals surface area contributed by atoms with Crippen LogP contribution in [-0.2, 0) is 6.61 Å². The molecular weight excluding hydrogens is 371 g/mol. The van der Waals surface area contributed by atoms with Gasteiger partial charge in [-0.3, -0.25) is 15.1 Å². The van der Waals surface area contributed by atoms with Gasteiger partial charge in [0, 0.05) is 11.8 Å². The van der Waals surface area contributed by atoms with Crippen LogP contribution in [-0.4, -0.2) is 9.91 Å². The minimum Gasteiger partial charge on any atom is -0.486 e. The number of ether oxygens (including phenoxy) is 1. The van der Waals surface area contributed by atoms with E-state index in [1.54, 1.807) is 13.8 Å². The lowest BCUT2D eigenvalue weighted by Gasteiger charge is -2.10. The van der Waals surface area contributed by atoms with Crippen molar-refractivity contribution in [3.8, 4) is 5.75 Å². The molecule has 0 saturated carbocycles. The molecule has 0 saturated heterocycles. The molecule has 2 rings (SSSR count). The fourth-order valence-electron chi connectivity index (χ4n) is 1.90. The van der Waals surface area contributed by atoms with Gasteiger partial charge in [0.15, 0.2) is 0 Å². The van der Waals surface area contributed by atoms with Crippen molar-refractivity contribution in [2.45, 2.75) is 20.5 Å². The van der Waals surface area contributed by atoms with Gasteiger partial charge in [-0.1, -0.05) is 12.1 Å². The van der Waals surface area contributed by atoms with Crippen molar-refractivity contribution < 1.29 is 9.66 Å². The molecule has 104 valence electrons. The van der Waals surface area contributed by atoms with Gasteiger partial charge in [-0.15, -0.1) is 0 Å². The Bertz CT molecular complexity index is 659. The number of halogens is 1. The fraction of sp³-hybridized carbons (Fsp3) is 0.214. The predicted octanol–water partition coefficient (Wildman–Crippen LogP) is 3.79. The van der Waals surface area contributed by atoms with Crippen LogP contribution in [0.5, 0.6) is 5.75 Å². The Labute approximate surface area is 130 Å². The van der Waals surface area contributed by atoms with Crippen molar-refractivity contribution in [1.82, 2.24) is 4.98 Å². The maximum absolute atomic E-state index is 11.1. The molecule has 0 aliphatic rings. The molecule has 0 spiro atoms. The third kappa shape index (κ3) is 3.06. The van der Waals surface area contributed by atoms with Crippen LogP contribution in [0.4, 0.5) is 5.69 Å². The van der Waals surface area contributed by atoms with Gasteiger partial charge < -0.3 is 4.74 Å². The van der Waals surface area contributed by atoms with Gasteiger partial charge in [0.05, 0.1) is 19.8 Å². The number of pyridine rings is 1. The topological polar surface area (TPSA) is 65.3 Å². The van der Waals surface area contributed by atoms with Crippen LogP contribution in [0.3, 0.4) is 0 Å². The van der Waals surface area contributed by atoms with Gasteiger partial charge in [-0.2, -0.15) is 0 Å². The second-order valence-corrected chi connectivity index (χ2v) is 5.50. The first-order valence-corrected chi connectivity index (χ1v) is 7.05. The summed E-state index contributed by atoms with van der Waals surface area (Å²) < 4.78 is 6.68. The van der Waals surface area contributed by atoms with E-state index in [1.807, 2.05) is 24.3 Å². The molecular formula is C14H13IN2O3. The van der Waals surface area contributed by atoms with Crippen molar-refractivity contribution in [1.29, 1.82) is 0 Å². The summed E-state index contributed by atoms with van der Waals surface area (Å²) in [5, 5.41) is 11.1. The first kappa shape index (κ1) is 14.7. The highest BCUT2D eigenvalue weighted by atomic mass is 127. The van der Waals surface area contributed by atoms with E-state index < -0.39 is 0 Å². The second kappa shape index (κ2) is 6.17. The molecule has 1 heterocycles. The molecule has 0 atom stereocenters. The first-order valence-electron chi connectivity index (χ1n) is 5.97. The average molecular weight is 384 g/mol. The van der Waals surface area contributed by atoms with E-state index in [-0.39, 0.29) is 17.2 Å². The first-order chi connectivity index (χ1) is 9.50. The minimum atomic E-state index is -0.373. The van der Waals surface area contributed by atoms with Crippen LogP contribution in [0.1, 0.15) is 16.8 Å². The predicted molar refractivity (Wildman–Crippen MR) is 83.9 cm³/mol. The fourth-order valence-corrected chi connectivity index (χ4v) is 2.44. The number of rotatable bonds is 4. The van der Waals surface area contributed by atoms with E-state index in [9.17, 15) is 10.1 Å². The Morgan fingerprint density at radius 2 is 2.05 bits per heavy atom. The number of aromatic nitrogens is 1. The Morgan fingerprint density at radius 3 is 2.70 bits per heavy atom. The average Bonchev–Trinajstić information content (AvgIpc) is 2.39. The summed E-state index contributed by atoms with van der Waals surface area (Å²) in [5.74, 6) is 0.748. The third-order valence-electron chi connectivity index (χ3n) is 2.96. The molecule has 0 bridgehead atoms. The Balaban J connectivity index is 2.25. The minimum absolute atomic E-state index is 0.112. The van der Waals surface area contributed by atoms with Gasteiger partial charge in [-0.25, -0.2) is 0 Å². The molecule has 0 radical (unpaired) electrons. The van der Waals surface area contributed by atoms with Crippen LogP contribution < -0.4 is 4.74 Å². The lowest BCUT2D eigenvalue weighted by atomic mass is 10.1. The van der Waals surface area contributed by atoms with Crippen molar-refractivity contribution in [3.63, 3.8) is 0 Å². The molecule has 5 nitrogen and oxygen atoms in total. The van der Waals surface area contributed by atoms with Crippen molar-refractivity contribution in [3.05, 3.63) is 61.0 Å². The number of benzene rings is 1. The zero-order valence-electron chi connectivity index (χ0n) is 11.1. The number of hydrogen-bond donors (Lipinski definition) is 0. The van der Waals surface area contributed by atoms with E-state index in [1.165, 1.54) is 6.20 Å². The summed E-state index contributed by atoms with van der Waals surface area (Å²) in [5.41, 5.74) is 1.81. The molecule has 0 aliphatic heterocycles. The van der Waals surface area contributed by atoms with E-state index in [4.69, 9.17) is 4.74 Å². The van der Waals surface area contributed by atoms with Gasteiger partial charge in [0.2, 0.25) is 0 Å². The molecule has 0 unspecified atom stereocenters. The van der Waals surface area contributed by atoms with Crippen LogP contribution in [0.25, 0.3) is 0 Å². The number of hydrogen-bond acceptors (Lipinski definition) is 4. The highest BCUT2D eigenvalue weighted by molar-refractivity contribution is 14.1. The molecule has 0 N–H and O–H groups in total. The molecule has 1 aromatic carbocycles. The maximum atomic E-state index is 11.1.